The van der Waals surface area contributed by atoms with Crippen LogP contribution in [-0.4, -0.2) is 10.2 Å². The van der Waals surface area contributed by atoms with Crippen LogP contribution in [0, 0.1) is 0 Å². The lowest BCUT2D eigenvalue weighted by Crippen LogP contribution is -2.27. The highest BCUT2D eigenvalue weighted by molar-refractivity contribution is 8.27. The molecule has 0 radical (unpaired) electrons. The van der Waals surface area contributed by atoms with Crippen molar-refractivity contribution in [3.8, 4) is 5.75 Å². The Morgan fingerprint density at radius 1 is 0.938 bits per heavy atom. The van der Waals surface area contributed by atoms with Crippen LogP contribution in [-0.2, 0) is 11.4 Å². The summed E-state index contributed by atoms with van der Waals surface area (Å²) in [4.78, 5) is 14.9. The van der Waals surface area contributed by atoms with Crippen LogP contribution in [0.2, 0.25) is 20.1 Å². The Morgan fingerprint density at radius 3 is 2.38 bits per heavy atom. The Balaban J connectivity index is 1.52. The average molecular weight is 541 g/mol. The molecule has 1 aliphatic heterocycles. The van der Waals surface area contributed by atoms with E-state index in [9.17, 15) is 4.79 Å². The first-order valence-corrected chi connectivity index (χ1v) is 12.0. The molecule has 0 aliphatic carbocycles. The summed E-state index contributed by atoms with van der Waals surface area (Å²) in [5.74, 6) is 0.393. The molecule has 1 heterocycles. The van der Waals surface area contributed by atoms with E-state index in [0.717, 1.165) is 11.1 Å². The van der Waals surface area contributed by atoms with Crippen molar-refractivity contribution in [3.63, 3.8) is 0 Å². The number of ether oxygens (including phenoxy) is 1. The topological polar surface area (TPSA) is 29.5 Å². The number of carbonyl (C=O) groups excluding carboxylic acids is 1. The van der Waals surface area contributed by atoms with Gasteiger partial charge in [0.2, 0.25) is 0 Å². The first-order valence-electron chi connectivity index (χ1n) is 9.21. The zero-order valence-electron chi connectivity index (χ0n) is 16.2. The minimum absolute atomic E-state index is 0.247. The molecule has 1 fully saturated rings. The Morgan fingerprint density at radius 2 is 1.66 bits per heavy atom. The second-order valence-corrected chi connectivity index (χ2v) is 10.1. The number of hydrogen-bond donors (Lipinski definition) is 0. The van der Waals surface area contributed by atoms with E-state index in [0.29, 0.717) is 40.8 Å². The molecule has 9 heteroatoms. The molecule has 32 heavy (non-hydrogen) atoms. The van der Waals surface area contributed by atoms with Gasteiger partial charge in [0.05, 0.1) is 15.6 Å². The van der Waals surface area contributed by atoms with Gasteiger partial charge in [-0.25, -0.2) is 0 Å². The van der Waals surface area contributed by atoms with Gasteiger partial charge >= 0.3 is 0 Å². The molecule has 3 nitrogen and oxygen atoms in total. The maximum atomic E-state index is 13.0. The van der Waals surface area contributed by atoms with Crippen molar-refractivity contribution in [2.24, 2.45) is 0 Å². The third-order valence-corrected chi connectivity index (χ3v) is 6.94. The minimum atomic E-state index is -0.247. The van der Waals surface area contributed by atoms with Crippen LogP contribution in [0.15, 0.2) is 65.6 Å². The van der Waals surface area contributed by atoms with Crippen LogP contribution >= 0.6 is 70.4 Å². The summed E-state index contributed by atoms with van der Waals surface area (Å²) >= 11 is 31.0. The minimum Gasteiger partial charge on any atom is -0.489 e. The van der Waals surface area contributed by atoms with Gasteiger partial charge in [-0.2, -0.15) is 0 Å². The van der Waals surface area contributed by atoms with Gasteiger partial charge in [-0.05, 0) is 54.1 Å². The fourth-order valence-corrected chi connectivity index (χ4v) is 5.22. The molecule has 1 aliphatic rings. The molecule has 0 saturated carbocycles. The maximum absolute atomic E-state index is 13.0. The molecular weight excluding hydrogens is 528 g/mol. The highest BCUT2D eigenvalue weighted by Crippen LogP contribution is 2.39. The van der Waals surface area contributed by atoms with Crippen LogP contribution < -0.4 is 9.64 Å². The molecule has 0 bridgehead atoms. The molecular formula is C23H13Cl4NO2S2. The number of thiocarbonyl (C=S) groups is 1. The van der Waals surface area contributed by atoms with E-state index in [1.165, 1.54) is 16.7 Å². The SMILES string of the molecule is O=C1/C(=C/c2cccc(OCc3ccc(Cl)cc3Cl)c2)SC(=S)N1c1ccc(Cl)cc1Cl. The highest BCUT2D eigenvalue weighted by Gasteiger charge is 2.34. The summed E-state index contributed by atoms with van der Waals surface area (Å²) < 4.78 is 6.27. The zero-order valence-corrected chi connectivity index (χ0v) is 20.8. The van der Waals surface area contributed by atoms with Gasteiger partial charge in [0, 0.05) is 20.6 Å². The van der Waals surface area contributed by atoms with Gasteiger partial charge < -0.3 is 4.74 Å². The van der Waals surface area contributed by atoms with E-state index in [2.05, 4.69) is 0 Å². The van der Waals surface area contributed by atoms with Gasteiger partial charge in [0.15, 0.2) is 4.32 Å². The molecule has 0 aromatic heterocycles. The second kappa shape index (κ2) is 10.0. The predicted molar refractivity (Wildman–Crippen MR) is 139 cm³/mol. The Bertz CT molecular complexity index is 1260. The van der Waals surface area contributed by atoms with Gasteiger partial charge in [-0.3, -0.25) is 9.69 Å². The summed E-state index contributed by atoms with van der Waals surface area (Å²) in [5.41, 5.74) is 2.12. The van der Waals surface area contributed by atoms with E-state index < -0.39 is 0 Å². The van der Waals surface area contributed by atoms with Crippen LogP contribution in [0.1, 0.15) is 11.1 Å². The normalized spacial score (nSPS) is 15.0. The van der Waals surface area contributed by atoms with Gasteiger partial charge in [-0.1, -0.05) is 88.6 Å². The van der Waals surface area contributed by atoms with E-state index in [4.69, 9.17) is 63.4 Å². The lowest BCUT2D eigenvalue weighted by Gasteiger charge is -2.16. The molecule has 0 N–H and O–H groups in total. The molecule has 1 saturated heterocycles. The second-order valence-electron chi connectivity index (χ2n) is 6.71. The smallest absolute Gasteiger partial charge is 0.270 e. The van der Waals surface area contributed by atoms with Crippen molar-refractivity contribution >= 4 is 92.4 Å². The van der Waals surface area contributed by atoms with Crippen LogP contribution in [0.25, 0.3) is 6.08 Å². The number of halogens is 4. The number of carbonyl (C=O) groups is 1. The first kappa shape index (κ1) is 23.4. The van der Waals surface area contributed by atoms with Crippen LogP contribution in [0.3, 0.4) is 0 Å². The monoisotopic (exact) mass is 539 g/mol. The van der Waals surface area contributed by atoms with Crippen molar-refractivity contribution in [1.29, 1.82) is 0 Å². The number of rotatable bonds is 5. The highest BCUT2D eigenvalue weighted by atomic mass is 35.5. The number of benzene rings is 3. The van der Waals surface area contributed by atoms with Crippen LogP contribution in [0.5, 0.6) is 5.75 Å². The fourth-order valence-electron chi connectivity index (χ4n) is 2.98. The lowest BCUT2D eigenvalue weighted by molar-refractivity contribution is -0.113. The van der Waals surface area contributed by atoms with Crippen molar-refractivity contribution in [2.75, 3.05) is 4.90 Å². The quantitative estimate of drug-likeness (QED) is 0.240. The Labute approximate surface area is 214 Å². The number of nitrogens with zero attached hydrogens (tertiary/aromatic N) is 1. The molecule has 3 aromatic carbocycles. The largest absolute Gasteiger partial charge is 0.489 e. The van der Waals surface area contributed by atoms with E-state index in [-0.39, 0.29) is 12.5 Å². The molecule has 3 aromatic rings. The van der Waals surface area contributed by atoms with Crippen molar-refractivity contribution in [3.05, 3.63) is 96.8 Å². The summed E-state index contributed by atoms with van der Waals surface area (Å²) in [5, 5.41) is 1.94. The van der Waals surface area contributed by atoms with E-state index >= 15 is 0 Å². The van der Waals surface area contributed by atoms with Crippen molar-refractivity contribution in [2.45, 2.75) is 6.61 Å². The molecule has 162 valence electrons. The fraction of sp³-hybridized carbons (Fsp3) is 0.0435. The Hall–Kier alpha value is -1.73. The maximum Gasteiger partial charge on any atom is 0.270 e. The lowest BCUT2D eigenvalue weighted by atomic mass is 10.2. The molecule has 4 rings (SSSR count). The van der Waals surface area contributed by atoms with Crippen molar-refractivity contribution < 1.29 is 9.53 Å². The van der Waals surface area contributed by atoms with E-state index in [1.54, 1.807) is 36.4 Å². The summed E-state index contributed by atoms with van der Waals surface area (Å²) in [7, 11) is 0. The Kier molecular flexibility index (Phi) is 7.35. The van der Waals surface area contributed by atoms with Gasteiger partial charge in [-0.15, -0.1) is 0 Å². The first-order chi connectivity index (χ1) is 15.3. The number of hydrogen-bond acceptors (Lipinski definition) is 4. The van der Waals surface area contributed by atoms with E-state index in [1.807, 2.05) is 30.3 Å². The number of thioether (sulfide) groups is 1. The zero-order chi connectivity index (χ0) is 22.8. The number of anilines is 1. The predicted octanol–water partition coefficient (Wildman–Crippen LogP) is 8.29. The molecule has 0 atom stereocenters. The molecule has 0 spiro atoms. The number of amides is 1. The van der Waals surface area contributed by atoms with Gasteiger partial charge in [0.1, 0.15) is 12.4 Å². The summed E-state index contributed by atoms with van der Waals surface area (Å²) in [6.45, 7) is 0.288. The third-order valence-electron chi connectivity index (χ3n) is 4.51. The average Bonchev–Trinajstić information content (AvgIpc) is 3.01. The van der Waals surface area contributed by atoms with Gasteiger partial charge in [0.25, 0.3) is 5.91 Å². The van der Waals surface area contributed by atoms with Crippen molar-refractivity contribution in [1.82, 2.24) is 0 Å². The molecule has 1 amide bonds. The third kappa shape index (κ3) is 5.25. The van der Waals surface area contributed by atoms with Crippen LogP contribution in [0.4, 0.5) is 5.69 Å². The standard InChI is InChI=1S/C23H13Cl4NO2S2/c24-15-5-4-14(18(26)10-15)12-30-17-3-1-2-13(8-17)9-21-22(29)28(23(31)32-21)20-7-6-16(25)11-19(20)27/h1-11H,12H2/b21-9-. The molecule has 0 unspecified atom stereocenters. The summed E-state index contributed by atoms with van der Waals surface area (Å²) in [6, 6.07) is 17.6. The summed E-state index contributed by atoms with van der Waals surface area (Å²) in [6.07, 6.45) is 1.77.